The highest BCUT2D eigenvalue weighted by Gasteiger charge is 2.27. The zero-order chi connectivity index (χ0) is 15.4. The molecule has 116 valence electrons. The summed E-state index contributed by atoms with van der Waals surface area (Å²) in [6.07, 6.45) is 5.81. The number of ether oxygens (including phenoxy) is 1. The monoisotopic (exact) mass is 336 g/mol. The van der Waals surface area contributed by atoms with E-state index in [1.54, 1.807) is 12.3 Å². The van der Waals surface area contributed by atoms with Crippen LogP contribution in [0.1, 0.15) is 24.5 Å². The van der Waals surface area contributed by atoms with Gasteiger partial charge in [-0.2, -0.15) is 0 Å². The number of rotatable bonds is 4. The van der Waals surface area contributed by atoms with Crippen molar-refractivity contribution in [1.82, 2.24) is 10.3 Å². The molecule has 3 rings (SSSR count). The van der Waals surface area contributed by atoms with Crippen LogP contribution in [-0.4, -0.2) is 18.1 Å². The maximum atomic E-state index is 6.28. The molecule has 1 aromatic heterocycles. The standard InChI is InChI=1S/C17H18Cl2N2O/c18-14-6-1-7-15(16(14)19)22-17(12-4-2-8-20-10-12)13-5-3-9-21-11-13/h1-2,4,6-8,10,13,17,21H,3,5,9,11H2/t13?,17-/m0/s1. The van der Waals surface area contributed by atoms with Crippen molar-refractivity contribution < 1.29 is 4.74 Å². The molecule has 1 unspecified atom stereocenters. The SMILES string of the molecule is Clc1cccc(O[C@@H](c2cccnc2)C2CCCNC2)c1Cl. The van der Waals surface area contributed by atoms with E-state index >= 15 is 0 Å². The average Bonchev–Trinajstić information content (AvgIpc) is 2.58. The molecular weight excluding hydrogens is 319 g/mol. The Morgan fingerprint density at radius 2 is 2.14 bits per heavy atom. The summed E-state index contributed by atoms with van der Waals surface area (Å²) in [5.74, 6) is 1.00. The summed E-state index contributed by atoms with van der Waals surface area (Å²) in [5.41, 5.74) is 1.06. The Hall–Kier alpha value is -1.29. The molecule has 0 amide bonds. The lowest BCUT2D eigenvalue weighted by molar-refractivity contribution is 0.115. The summed E-state index contributed by atoms with van der Waals surface area (Å²) in [6, 6.07) is 9.45. The van der Waals surface area contributed by atoms with Gasteiger partial charge in [-0.3, -0.25) is 4.98 Å². The Kier molecular flexibility index (Phi) is 5.19. The minimum Gasteiger partial charge on any atom is -0.484 e. The number of piperidine rings is 1. The van der Waals surface area contributed by atoms with E-state index in [9.17, 15) is 0 Å². The molecular formula is C17H18Cl2N2O. The van der Waals surface area contributed by atoms with E-state index in [1.807, 2.05) is 30.5 Å². The lowest BCUT2D eigenvalue weighted by Gasteiger charge is -2.31. The molecule has 0 spiro atoms. The zero-order valence-corrected chi connectivity index (χ0v) is 13.6. The van der Waals surface area contributed by atoms with E-state index in [4.69, 9.17) is 27.9 Å². The van der Waals surface area contributed by atoms with Gasteiger partial charge in [-0.25, -0.2) is 0 Å². The number of hydrogen-bond donors (Lipinski definition) is 1. The lowest BCUT2D eigenvalue weighted by Crippen LogP contribution is -2.35. The van der Waals surface area contributed by atoms with E-state index in [2.05, 4.69) is 10.3 Å². The first-order valence-corrected chi connectivity index (χ1v) is 8.22. The zero-order valence-electron chi connectivity index (χ0n) is 12.1. The minimum absolute atomic E-state index is 0.0857. The number of nitrogens with one attached hydrogen (secondary N) is 1. The Balaban J connectivity index is 1.89. The highest BCUT2D eigenvalue weighted by molar-refractivity contribution is 6.42. The fraction of sp³-hybridized carbons (Fsp3) is 0.353. The van der Waals surface area contributed by atoms with Crippen LogP contribution >= 0.6 is 23.2 Å². The van der Waals surface area contributed by atoms with Gasteiger partial charge in [0.25, 0.3) is 0 Å². The van der Waals surface area contributed by atoms with Crippen LogP contribution in [0.2, 0.25) is 10.0 Å². The number of benzene rings is 1. The maximum absolute atomic E-state index is 6.28. The molecule has 1 fully saturated rings. The van der Waals surface area contributed by atoms with E-state index in [0.717, 1.165) is 31.5 Å². The molecule has 1 aromatic carbocycles. The number of pyridine rings is 1. The predicted molar refractivity (Wildman–Crippen MR) is 89.7 cm³/mol. The van der Waals surface area contributed by atoms with E-state index in [1.165, 1.54) is 0 Å². The number of hydrogen-bond acceptors (Lipinski definition) is 3. The topological polar surface area (TPSA) is 34.1 Å². The molecule has 2 heterocycles. The Morgan fingerprint density at radius 3 is 2.86 bits per heavy atom. The fourth-order valence-corrected chi connectivity index (χ4v) is 3.17. The normalized spacial score (nSPS) is 19.6. The predicted octanol–water partition coefficient (Wildman–Crippen LogP) is 4.51. The first kappa shape index (κ1) is 15.6. The molecule has 5 heteroatoms. The van der Waals surface area contributed by atoms with Gasteiger partial charge in [0, 0.05) is 30.4 Å². The summed E-state index contributed by atoms with van der Waals surface area (Å²) < 4.78 is 6.26. The summed E-state index contributed by atoms with van der Waals surface area (Å²) in [4.78, 5) is 4.22. The second kappa shape index (κ2) is 7.32. The van der Waals surface area contributed by atoms with Gasteiger partial charge in [0.05, 0.1) is 5.02 Å². The third kappa shape index (κ3) is 3.54. The first-order chi connectivity index (χ1) is 10.8. The molecule has 3 nitrogen and oxygen atoms in total. The second-order valence-corrected chi connectivity index (χ2v) is 6.27. The van der Waals surface area contributed by atoms with Crippen molar-refractivity contribution in [2.75, 3.05) is 13.1 Å². The molecule has 0 aliphatic carbocycles. The molecule has 22 heavy (non-hydrogen) atoms. The van der Waals surface area contributed by atoms with Crippen molar-refractivity contribution in [3.63, 3.8) is 0 Å². The molecule has 1 N–H and O–H groups in total. The van der Waals surface area contributed by atoms with Crippen molar-refractivity contribution in [1.29, 1.82) is 0 Å². The largest absolute Gasteiger partial charge is 0.484 e. The Labute approximate surface area is 140 Å². The van der Waals surface area contributed by atoms with Gasteiger partial charge in [-0.1, -0.05) is 35.3 Å². The van der Waals surface area contributed by atoms with Gasteiger partial charge in [-0.05, 0) is 37.6 Å². The van der Waals surface area contributed by atoms with Crippen LogP contribution < -0.4 is 10.1 Å². The van der Waals surface area contributed by atoms with Crippen LogP contribution in [0.25, 0.3) is 0 Å². The van der Waals surface area contributed by atoms with Crippen molar-refractivity contribution in [3.8, 4) is 5.75 Å². The molecule has 0 saturated carbocycles. The molecule has 1 aliphatic heterocycles. The quantitative estimate of drug-likeness (QED) is 0.891. The third-order valence-corrected chi connectivity index (χ3v) is 4.75. The average molecular weight is 337 g/mol. The van der Waals surface area contributed by atoms with Crippen molar-refractivity contribution in [2.24, 2.45) is 5.92 Å². The lowest BCUT2D eigenvalue weighted by atomic mass is 9.90. The van der Waals surface area contributed by atoms with E-state index in [0.29, 0.717) is 21.7 Å². The molecule has 0 radical (unpaired) electrons. The highest BCUT2D eigenvalue weighted by atomic mass is 35.5. The molecule has 1 saturated heterocycles. The van der Waals surface area contributed by atoms with Crippen LogP contribution in [0.5, 0.6) is 5.75 Å². The number of halogens is 2. The summed E-state index contributed by atoms with van der Waals surface area (Å²) in [7, 11) is 0. The van der Waals surface area contributed by atoms with Crippen molar-refractivity contribution in [3.05, 3.63) is 58.3 Å². The van der Waals surface area contributed by atoms with Gasteiger partial charge in [0.1, 0.15) is 16.9 Å². The van der Waals surface area contributed by atoms with Crippen LogP contribution in [0.15, 0.2) is 42.7 Å². The number of aromatic nitrogens is 1. The summed E-state index contributed by atoms with van der Waals surface area (Å²) >= 11 is 12.4. The fourth-order valence-electron chi connectivity index (χ4n) is 2.83. The third-order valence-electron chi connectivity index (χ3n) is 3.95. The van der Waals surface area contributed by atoms with Gasteiger partial charge in [-0.15, -0.1) is 0 Å². The van der Waals surface area contributed by atoms with Gasteiger partial charge in [0.15, 0.2) is 0 Å². The Morgan fingerprint density at radius 1 is 1.23 bits per heavy atom. The molecule has 2 atom stereocenters. The van der Waals surface area contributed by atoms with Crippen LogP contribution in [-0.2, 0) is 0 Å². The van der Waals surface area contributed by atoms with E-state index in [-0.39, 0.29) is 6.10 Å². The number of nitrogens with zero attached hydrogens (tertiary/aromatic N) is 1. The van der Waals surface area contributed by atoms with Crippen LogP contribution in [0.4, 0.5) is 0 Å². The van der Waals surface area contributed by atoms with Crippen LogP contribution in [0, 0.1) is 5.92 Å². The molecule has 2 aromatic rings. The maximum Gasteiger partial charge on any atom is 0.140 e. The second-order valence-electron chi connectivity index (χ2n) is 5.48. The summed E-state index contributed by atoms with van der Waals surface area (Å²) in [6.45, 7) is 1.99. The van der Waals surface area contributed by atoms with Gasteiger partial charge in [0.2, 0.25) is 0 Å². The van der Waals surface area contributed by atoms with Crippen molar-refractivity contribution >= 4 is 23.2 Å². The van der Waals surface area contributed by atoms with Crippen molar-refractivity contribution in [2.45, 2.75) is 18.9 Å². The smallest absolute Gasteiger partial charge is 0.140 e. The van der Waals surface area contributed by atoms with E-state index < -0.39 is 0 Å². The van der Waals surface area contributed by atoms with Gasteiger partial charge < -0.3 is 10.1 Å². The van der Waals surface area contributed by atoms with Crippen LogP contribution in [0.3, 0.4) is 0 Å². The Bertz CT molecular complexity index is 615. The molecule has 0 bridgehead atoms. The summed E-state index contributed by atoms with van der Waals surface area (Å²) in [5, 5.41) is 4.40. The first-order valence-electron chi connectivity index (χ1n) is 7.47. The van der Waals surface area contributed by atoms with Gasteiger partial charge >= 0.3 is 0 Å². The minimum atomic E-state index is -0.0857. The highest BCUT2D eigenvalue weighted by Crippen LogP contribution is 2.37. The molecule has 1 aliphatic rings.